The molecule has 0 unspecified atom stereocenters. The summed E-state index contributed by atoms with van der Waals surface area (Å²) >= 11 is 3.45. The van der Waals surface area contributed by atoms with Crippen LogP contribution in [0.5, 0.6) is 17.4 Å². The van der Waals surface area contributed by atoms with E-state index < -0.39 is 0 Å². The van der Waals surface area contributed by atoms with Crippen LogP contribution in [0.1, 0.15) is 13.8 Å². The highest BCUT2D eigenvalue weighted by molar-refractivity contribution is 9.10. The Morgan fingerprint density at radius 3 is 2.75 bits per heavy atom. The van der Waals surface area contributed by atoms with Crippen LogP contribution in [-0.2, 0) is 0 Å². The van der Waals surface area contributed by atoms with Crippen LogP contribution in [0.3, 0.4) is 0 Å². The van der Waals surface area contributed by atoms with Gasteiger partial charge in [-0.05, 0) is 41.9 Å². The molecule has 0 aliphatic rings. The number of aromatic nitrogens is 2. The second-order valence-electron chi connectivity index (χ2n) is 3.88. The van der Waals surface area contributed by atoms with E-state index in [1.54, 1.807) is 0 Å². The van der Waals surface area contributed by atoms with Gasteiger partial charge in [0.05, 0.1) is 6.61 Å². The van der Waals surface area contributed by atoms with E-state index in [1.165, 1.54) is 6.33 Å². The Labute approximate surface area is 126 Å². The van der Waals surface area contributed by atoms with Crippen molar-refractivity contribution in [2.24, 2.45) is 0 Å². The van der Waals surface area contributed by atoms with Crippen molar-refractivity contribution in [2.45, 2.75) is 13.8 Å². The van der Waals surface area contributed by atoms with Gasteiger partial charge in [-0.2, -0.15) is 0 Å². The lowest BCUT2D eigenvalue weighted by Crippen LogP contribution is -2.02. The van der Waals surface area contributed by atoms with Crippen LogP contribution >= 0.6 is 15.9 Å². The van der Waals surface area contributed by atoms with Crippen molar-refractivity contribution in [3.63, 3.8) is 0 Å². The number of halogens is 1. The van der Waals surface area contributed by atoms with Gasteiger partial charge in [-0.15, -0.1) is 0 Å². The van der Waals surface area contributed by atoms with E-state index >= 15 is 0 Å². The molecule has 1 heterocycles. The second-order valence-corrected chi connectivity index (χ2v) is 4.67. The highest BCUT2D eigenvalue weighted by Gasteiger charge is 2.10. The highest BCUT2D eigenvalue weighted by Crippen LogP contribution is 2.32. The Bertz CT molecular complexity index is 578. The quantitative estimate of drug-likeness (QED) is 0.867. The number of nitrogens with zero attached hydrogens (tertiary/aromatic N) is 2. The summed E-state index contributed by atoms with van der Waals surface area (Å²) in [7, 11) is 0. The molecule has 0 fully saturated rings. The largest absolute Gasteiger partial charge is 0.494 e. The van der Waals surface area contributed by atoms with Crippen molar-refractivity contribution >= 4 is 21.7 Å². The van der Waals surface area contributed by atoms with E-state index in [4.69, 9.17) is 9.47 Å². The second kappa shape index (κ2) is 7.09. The lowest BCUT2D eigenvalue weighted by molar-refractivity contribution is 0.338. The normalized spacial score (nSPS) is 10.2. The standard InChI is InChI=1S/C14H16BrN3O2/c1-3-16-13-12(15)14(18-9-17-13)20-11-7-5-6-10(8-11)19-4-2/h5-9H,3-4H2,1-2H3,(H,16,17,18). The molecule has 20 heavy (non-hydrogen) atoms. The molecule has 2 rings (SSSR count). The summed E-state index contributed by atoms with van der Waals surface area (Å²) in [6.07, 6.45) is 1.46. The number of benzene rings is 1. The number of hydrogen-bond acceptors (Lipinski definition) is 5. The molecule has 0 aliphatic carbocycles. The molecular formula is C14H16BrN3O2. The van der Waals surface area contributed by atoms with Gasteiger partial charge < -0.3 is 14.8 Å². The van der Waals surface area contributed by atoms with Crippen LogP contribution in [0.2, 0.25) is 0 Å². The Morgan fingerprint density at radius 1 is 1.20 bits per heavy atom. The zero-order chi connectivity index (χ0) is 14.4. The maximum absolute atomic E-state index is 5.77. The summed E-state index contributed by atoms with van der Waals surface area (Å²) in [6, 6.07) is 7.44. The molecule has 2 aromatic rings. The van der Waals surface area contributed by atoms with Gasteiger partial charge in [0.15, 0.2) is 0 Å². The smallest absolute Gasteiger partial charge is 0.238 e. The van der Waals surface area contributed by atoms with Crippen molar-refractivity contribution < 1.29 is 9.47 Å². The van der Waals surface area contributed by atoms with E-state index in [0.29, 0.717) is 28.5 Å². The Morgan fingerprint density at radius 2 is 2.00 bits per heavy atom. The summed E-state index contributed by atoms with van der Waals surface area (Å²) in [5.74, 6) is 2.60. The topological polar surface area (TPSA) is 56.3 Å². The Kier molecular flexibility index (Phi) is 5.17. The Hall–Kier alpha value is -1.82. The minimum Gasteiger partial charge on any atom is -0.494 e. The molecule has 0 radical (unpaired) electrons. The van der Waals surface area contributed by atoms with Gasteiger partial charge >= 0.3 is 0 Å². The summed E-state index contributed by atoms with van der Waals surface area (Å²) in [5, 5.41) is 3.13. The molecule has 0 aliphatic heterocycles. The fourth-order valence-electron chi connectivity index (χ4n) is 1.62. The van der Waals surface area contributed by atoms with Crippen LogP contribution in [0.15, 0.2) is 35.1 Å². The van der Waals surface area contributed by atoms with Gasteiger partial charge in [-0.1, -0.05) is 6.07 Å². The SMILES string of the molecule is CCNc1ncnc(Oc2cccc(OCC)c2)c1Br. The number of hydrogen-bond donors (Lipinski definition) is 1. The number of anilines is 1. The van der Waals surface area contributed by atoms with E-state index in [9.17, 15) is 0 Å². The van der Waals surface area contributed by atoms with Crippen LogP contribution < -0.4 is 14.8 Å². The number of rotatable bonds is 6. The first-order valence-electron chi connectivity index (χ1n) is 6.39. The summed E-state index contributed by atoms with van der Waals surface area (Å²) < 4.78 is 11.9. The molecule has 0 amide bonds. The summed E-state index contributed by atoms with van der Waals surface area (Å²) in [4.78, 5) is 8.27. The van der Waals surface area contributed by atoms with Crippen LogP contribution in [-0.4, -0.2) is 23.1 Å². The van der Waals surface area contributed by atoms with Crippen LogP contribution in [0.25, 0.3) is 0 Å². The monoisotopic (exact) mass is 337 g/mol. The lowest BCUT2D eigenvalue weighted by atomic mass is 10.3. The Balaban J connectivity index is 2.21. The first kappa shape index (κ1) is 14.6. The highest BCUT2D eigenvalue weighted by atomic mass is 79.9. The van der Waals surface area contributed by atoms with E-state index in [-0.39, 0.29) is 0 Å². The predicted molar refractivity (Wildman–Crippen MR) is 81.6 cm³/mol. The van der Waals surface area contributed by atoms with Crippen molar-refractivity contribution in [2.75, 3.05) is 18.5 Å². The van der Waals surface area contributed by atoms with Gasteiger partial charge in [0.25, 0.3) is 0 Å². The molecule has 1 aromatic carbocycles. The molecular weight excluding hydrogens is 322 g/mol. The van der Waals surface area contributed by atoms with Crippen molar-refractivity contribution in [1.82, 2.24) is 9.97 Å². The van der Waals surface area contributed by atoms with Gasteiger partial charge in [0, 0.05) is 12.6 Å². The minimum atomic E-state index is 0.463. The third-order valence-electron chi connectivity index (χ3n) is 2.43. The zero-order valence-electron chi connectivity index (χ0n) is 11.4. The van der Waals surface area contributed by atoms with Gasteiger partial charge in [-0.3, -0.25) is 0 Å². The zero-order valence-corrected chi connectivity index (χ0v) is 13.0. The molecule has 0 atom stereocenters. The summed E-state index contributed by atoms with van der Waals surface area (Å²) in [6.45, 7) is 5.33. The third-order valence-corrected chi connectivity index (χ3v) is 3.15. The van der Waals surface area contributed by atoms with Crippen molar-refractivity contribution in [3.05, 3.63) is 35.1 Å². The van der Waals surface area contributed by atoms with E-state index in [0.717, 1.165) is 12.3 Å². The number of nitrogens with one attached hydrogen (secondary N) is 1. The fraction of sp³-hybridized carbons (Fsp3) is 0.286. The average molecular weight is 338 g/mol. The molecule has 1 aromatic heterocycles. The molecule has 0 spiro atoms. The molecule has 0 saturated heterocycles. The van der Waals surface area contributed by atoms with Crippen molar-refractivity contribution in [3.8, 4) is 17.4 Å². The first-order valence-corrected chi connectivity index (χ1v) is 7.19. The molecule has 5 nitrogen and oxygen atoms in total. The molecule has 1 N–H and O–H groups in total. The van der Waals surface area contributed by atoms with Gasteiger partial charge in [-0.25, -0.2) is 9.97 Å². The number of ether oxygens (including phenoxy) is 2. The molecule has 6 heteroatoms. The molecule has 0 saturated carbocycles. The first-order chi connectivity index (χ1) is 9.74. The van der Waals surface area contributed by atoms with E-state index in [1.807, 2.05) is 38.1 Å². The average Bonchev–Trinajstić information content (AvgIpc) is 2.44. The van der Waals surface area contributed by atoms with Gasteiger partial charge in [0.2, 0.25) is 5.88 Å². The minimum absolute atomic E-state index is 0.463. The summed E-state index contributed by atoms with van der Waals surface area (Å²) in [5.41, 5.74) is 0. The maximum Gasteiger partial charge on any atom is 0.238 e. The van der Waals surface area contributed by atoms with Crippen LogP contribution in [0, 0.1) is 0 Å². The van der Waals surface area contributed by atoms with Crippen LogP contribution in [0.4, 0.5) is 5.82 Å². The predicted octanol–water partition coefficient (Wildman–Crippen LogP) is 3.86. The molecule has 0 bridgehead atoms. The lowest BCUT2D eigenvalue weighted by Gasteiger charge is -2.10. The maximum atomic E-state index is 5.77. The third kappa shape index (κ3) is 3.60. The van der Waals surface area contributed by atoms with E-state index in [2.05, 4.69) is 31.2 Å². The molecule has 106 valence electrons. The van der Waals surface area contributed by atoms with Crippen molar-refractivity contribution in [1.29, 1.82) is 0 Å². The van der Waals surface area contributed by atoms with Gasteiger partial charge in [0.1, 0.15) is 28.1 Å². The fourth-order valence-corrected chi connectivity index (χ4v) is 2.05.